The van der Waals surface area contributed by atoms with E-state index in [9.17, 15) is 4.79 Å². The Kier molecular flexibility index (Phi) is 6.11. The van der Waals surface area contributed by atoms with Gasteiger partial charge in [-0.2, -0.15) is 0 Å². The van der Waals surface area contributed by atoms with Gasteiger partial charge in [-0.05, 0) is 34.7 Å². The highest BCUT2D eigenvalue weighted by Crippen LogP contribution is 2.27. The molecular weight excluding hydrogens is 370 g/mol. The first-order valence-corrected chi connectivity index (χ1v) is 10.4. The number of amides is 1. The molecule has 1 aromatic carbocycles. The Morgan fingerprint density at radius 2 is 1.86 bits per heavy atom. The third kappa shape index (κ3) is 4.65. The van der Waals surface area contributed by atoms with Crippen LogP contribution in [0.2, 0.25) is 0 Å². The fourth-order valence-electron chi connectivity index (χ4n) is 3.21. The second-order valence-electron chi connectivity index (χ2n) is 6.70. The summed E-state index contributed by atoms with van der Waals surface area (Å²) in [6.45, 7) is 4.96. The Hall–Kier alpha value is -2.54. The zero-order valence-electron chi connectivity index (χ0n) is 15.6. The summed E-state index contributed by atoms with van der Waals surface area (Å²) in [4.78, 5) is 19.9. The normalized spacial score (nSPS) is 14.7. The summed E-state index contributed by atoms with van der Waals surface area (Å²) < 4.78 is 5.34. The molecule has 6 heteroatoms. The van der Waals surface area contributed by atoms with Crippen molar-refractivity contribution in [1.82, 2.24) is 15.2 Å². The molecule has 3 heterocycles. The van der Waals surface area contributed by atoms with Crippen molar-refractivity contribution in [1.29, 1.82) is 0 Å². The quantitative estimate of drug-likeness (QED) is 0.696. The number of carbonyl (C=O) groups is 1. The van der Waals surface area contributed by atoms with Crippen LogP contribution in [0.4, 0.5) is 0 Å². The Morgan fingerprint density at radius 3 is 2.61 bits per heavy atom. The Morgan fingerprint density at radius 1 is 1.07 bits per heavy atom. The average molecular weight is 394 g/mol. The molecule has 5 nitrogen and oxygen atoms in total. The van der Waals surface area contributed by atoms with Gasteiger partial charge < -0.3 is 10.1 Å². The van der Waals surface area contributed by atoms with Crippen LogP contribution in [0.1, 0.15) is 9.67 Å². The highest BCUT2D eigenvalue weighted by Gasteiger charge is 2.13. The van der Waals surface area contributed by atoms with Crippen molar-refractivity contribution in [3.8, 4) is 22.4 Å². The van der Waals surface area contributed by atoms with Gasteiger partial charge in [0.15, 0.2) is 0 Å². The van der Waals surface area contributed by atoms with E-state index in [2.05, 4.69) is 39.5 Å². The Bertz CT molecular complexity index is 903. The third-order valence-corrected chi connectivity index (χ3v) is 5.75. The van der Waals surface area contributed by atoms with Gasteiger partial charge in [0.1, 0.15) is 0 Å². The van der Waals surface area contributed by atoms with Crippen LogP contribution in [-0.2, 0) is 4.74 Å². The van der Waals surface area contributed by atoms with Crippen molar-refractivity contribution in [3.63, 3.8) is 0 Å². The molecule has 1 fully saturated rings. The molecule has 1 aliphatic heterocycles. The van der Waals surface area contributed by atoms with Gasteiger partial charge in [-0.15, -0.1) is 11.3 Å². The molecule has 1 saturated heterocycles. The number of ether oxygens (including phenoxy) is 1. The minimum atomic E-state index is -0.00499. The SMILES string of the molecule is O=C(NCCN1CCOCC1)c1cc(-c2ccc(-c3ccccn3)cc2)cs1. The largest absolute Gasteiger partial charge is 0.379 e. The number of benzene rings is 1. The molecular formula is C22H23N3O2S. The van der Waals surface area contributed by atoms with Crippen molar-refractivity contribution in [2.45, 2.75) is 0 Å². The van der Waals surface area contributed by atoms with Crippen LogP contribution in [0.3, 0.4) is 0 Å². The van der Waals surface area contributed by atoms with Gasteiger partial charge in [0.25, 0.3) is 5.91 Å². The number of hydrogen-bond acceptors (Lipinski definition) is 5. The molecule has 0 aliphatic carbocycles. The van der Waals surface area contributed by atoms with E-state index >= 15 is 0 Å². The summed E-state index contributed by atoms with van der Waals surface area (Å²) >= 11 is 1.48. The van der Waals surface area contributed by atoms with Crippen LogP contribution >= 0.6 is 11.3 Å². The van der Waals surface area contributed by atoms with Crippen LogP contribution in [0, 0.1) is 0 Å². The van der Waals surface area contributed by atoms with Crippen LogP contribution in [0.25, 0.3) is 22.4 Å². The zero-order valence-corrected chi connectivity index (χ0v) is 16.5. The van der Waals surface area contributed by atoms with Gasteiger partial charge in [-0.3, -0.25) is 14.7 Å². The van der Waals surface area contributed by atoms with Crippen molar-refractivity contribution in [2.24, 2.45) is 0 Å². The molecule has 0 unspecified atom stereocenters. The molecule has 4 rings (SSSR count). The summed E-state index contributed by atoms with van der Waals surface area (Å²) in [5, 5.41) is 5.06. The number of nitrogens with zero attached hydrogens (tertiary/aromatic N) is 2. The first kappa shape index (κ1) is 18.8. The topological polar surface area (TPSA) is 54.5 Å². The lowest BCUT2D eigenvalue weighted by atomic mass is 10.0. The maximum Gasteiger partial charge on any atom is 0.261 e. The lowest BCUT2D eigenvalue weighted by molar-refractivity contribution is 0.0383. The highest BCUT2D eigenvalue weighted by atomic mass is 32.1. The fraction of sp³-hybridized carbons (Fsp3) is 0.273. The smallest absolute Gasteiger partial charge is 0.261 e. The summed E-state index contributed by atoms with van der Waals surface area (Å²) in [6.07, 6.45) is 1.80. The minimum absolute atomic E-state index is 0.00499. The van der Waals surface area contributed by atoms with Gasteiger partial charge in [0.2, 0.25) is 0 Å². The molecule has 28 heavy (non-hydrogen) atoms. The number of rotatable bonds is 6. The van der Waals surface area contributed by atoms with Crippen LogP contribution in [0.5, 0.6) is 0 Å². The number of hydrogen-bond donors (Lipinski definition) is 1. The van der Waals surface area contributed by atoms with Gasteiger partial charge >= 0.3 is 0 Å². The monoisotopic (exact) mass is 393 g/mol. The predicted molar refractivity (Wildman–Crippen MR) is 113 cm³/mol. The van der Waals surface area contributed by atoms with Crippen molar-refractivity contribution >= 4 is 17.2 Å². The number of thiophene rings is 1. The van der Waals surface area contributed by atoms with E-state index in [-0.39, 0.29) is 5.91 Å². The molecule has 3 aromatic rings. The number of pyridine rings is 1. The van der Waals surface area contributed by atoms with E-state index in [1.54, 1.807) is 6.20 Å². The molecule has 1 amide bonds. The molecule has 0 bridgehead atoms. The zero-order chi connectivity index (χ0) is 19.2. The first-order valence-electron chi connectivity index (χ1n) is 9.48. The van der Waals surface area contributed by atoms with Gasteiger partial charge in [0.05, 0.1) is 23.8 Å². The van der Waals surface area contributed by atoms with Gasteiger partial charge in [0, 0.05) is 37.9 Å². The standard InChI is InChI=1S/C22H23N3O2S/c26-22(24-9-10-25-11-13-27-14-12-25)21-15-19(16-28-21)17-4-6-18(7-5-17)20-3-1-2-8-23-20/h1-8,15-16H,9-14H2,(H,24,26). The molecule has 144 valence electrons. The number of morpholine rings is 1. The molecule has 1 N–H and O–H groups in total. The second kappa shape index (κ2) is 9.10. The lowest BCUT2D eigenvalue weighted by Crippen LogP contribution is -2.41. The predicted octanol–water partition coefficient (Wildman–Crippen LogP) is 3.54. The molecule has 0 saturated carbocycles. The summed E-state index contributed by atoms with van der Waals surface area (Å²) in [7, 11) is 0. The van der Waals surface area contributed by atoms with E-state index in [1.165, 1.54) is 11.3 Å². The maximum atomic E-state index is 12.4. The summed E-state index contributed by atoms with van der Waals surface area (Å²) in [6, 6.07) is 16.1. The number of carbonyl (C=O) groups excluding carboxylic acids is 1. The average Bonchev–Trinajstić information content (AvgIpc) is 3.26. The van der Waals surface area contributed by atoms with E-state index in [1.807, 2.05) is 29.6 Å². The van der Waals surface area contributed by atoms with Crippen LogP contribution < -0.4 is 5.32 Å². The second-order valence-corrected chi connectivity index (χ2v) is 7.61. The van der Waals surface area contributed by atoms with Crippen molar-refractivity contribution in [3.05, 3.63) is 65.0 Å². The van der Waals surface area contributed by atoms with E-state index < -0.39 is 0 Å². The van der Waals surface area contributed by atoms with E-state index in [0.717, 1.165) is 60.1 Å². The first-order chi connectivity index (χ1) is 13.8. The van der Waals surface area contributed by atoms with Gasteiger partial charge in [-0.25, -0.2) is 0 Å². The Labute approximate surface area is 169 Å². The maximum absolute atomic E-state index is 12.4. The van der Waals surface area contributed by atoms with Crippen molar-refractivity contribution < 1.29 is 9.53 Å². The molecule has 0 radical (unpaired) electrons. The third-order valence-electron chi connectivity index (χ3n) is 4.82. The van der Waals surface area contributed by atoms with E-state index in [4.69, 9.17) is 4.74 Å². The fourth-order valence-corrected chi connectivity index (χ4v) is 4.05. The minimum Gasteiger partial charge on any atom is -0.379 e. The van der Waals surface area contributed by atoms with E-state index in [0.29, 0.717) is 6.54 Å². The lowest BCUT2D eigenvalue weighted by Gasteiger charge is -2.26. The summed E-state index contributed by atoms with van der Waals surface area (Å²) in [5.74, 6) is -0.00499. The Balaban J connectivity index is 1.35. The number of nitrogens with one attached hydrogen (secondary N) is 1. The summed E-state index contributed by atoms with van der Waals surface area (Å²) in [5.41, 5.74) is 4.21. The van der Waals surface area contributed by atoms with Crippen LogP contribution in [0.15, 0.2) is 60.1 Å². The highest BCUT2D eigenvalue weighted by molar-refractivity contribution is 7.12. The molecule has 2 aromatic heterocycles. The van der Waals surface area contributed by atoms with Gasteiger partial charge in [-0.1, -0.05) is 30.3 Å². The number of aromatic nitrogens is 1. The molecule has 0 spiro atoms. The molecule has 0 atom stereocenters. The van der Waals surface area contributed by atoms with Crippen molar-refractivity contribution in [2.75, 3.05) is 39.4 Å². The van der Waals surface area contributed by atoms with Crippen LogP contribution in [-0.4, -0.2) is 55.2 Å². The molecule has 1 aliphatic rings.